The van der Waals surface area contributed by atoms with E-state index in [2.05, 4.69) is 9.93 Å². The smallest absolute Gasteiger partial charge is 0.207 e. The number of hydrogen-bond donors (Lipinski definition) is 1. The minimum atomic E-state index is -3.71. The maximum atomic E-state index is 12.9. The second-order valence-electron chi connectivity index (χ2n) is 4.83. The van der Waals surface area contributed by atoms with Gasteiger partial charge in [-0.3, -0.25) is 0 Å². The number of nitrogens with zero attached hydrogens (tertiary/aromatic N) is 1. The first kappa shape index (κ1) is 16.2. The van der Waals surface area contributed by atoms with E-state index in [1.165, 1.54) is 24.3 Å². The molecule has 2 aromatic rings. The number of rotatable bonds is 5. The molecule has 0 amide bonds. The molecule has 0 unspecified atom stereocenters. The first-order chi connectivity index (χ1) is 10.4. The lowest BCUT2D eigenvalue weighted by molar-refractivity contribution is 0.584. The molecule has 2 aromatic carbocycles. The zero-order valence-corrected chi connectivity index (χ0v) is 13.2. The van der Waals surface area contributed by atoms with Crippen LogP contribution in [0.5, 0.6) is 0 Å². The highest BCUT2D eigenvalue weighted by Gasteiger charge is 2.13. The highest BCUT2D eigenvalue weighted by Crippen LogP contribution is 2.11. The monoisotopic (exact) mass is 320 g/mol. The molecule has 0 saturated carbocycles. The Bertz CT molecular complexity index is 767. The molecule has 0 saturated heterocycles. The molecule has 6 heteroatoms. The van der Waals surface area contributed by atoms with Gasteiger partial charge in [0.1, 0.15) is 5.82 Å². The number of hydrazone groups is 1. The second kappa shape index (κ2) is 6.70. The molecule has 0 aromatic heterocycles. The topological polar surface area (TPSA) is 58.5 Å². The van der Waals surface area contributed by atoms with Crippen LogP contribution >= 0.6 is 0 Å². The van der Waals surface area contributed by atoms with Gasteiger partial charge in [0.05, 0.1) is 10.6 Å². The van der Waals surface area contributed by atoms with Crippen molar-refractivity contribution in [1.82, 2.24) is 4.83 Å². The average Bonchev–Trinajstić information content (AvgIpc) is 2.50. The van der Waals surface area contributed by atoms with Crippen molar-refractivity contribution in [1.29, 1.82) is 0 Å². The quantitative estimate of drug-likeness (QED) is 0.679. The molecule has 116 valence electrons. The van der Waals surface area contributed by atoms with Gasteiger partial charge in [0.15, 0.2) is 0 Å². The summed E-state index contributed by atoms with van der Waals surface area (Å²) in [5.74, 6) is -0.348. The van der Waals surface area contributed by atoms with Crippen LogP contribution in [0.4, 0.5) is 4.39 Å². The van der Waals surface area contributed by atoms with E-state index in [1.807, 2.05) is 13.8 Å². The van der Waals surface area contributed by atoms with Gasteiger partial charge in [-0.1, -0.05) is 36.8 Å². The van der Waals surface area contributed by atoms with E-state index < -0.39 is 10.0 Å². The number of hydrogen-bond acceptors (Lipinski definition) is 3. The van der Waals surface area contributed by atoms with E-state index in [0.717, 1.165) is 5.56 Å². The van der Waals surface area contributed by atoms with E-state index in [1.54, 1.807) is 24.3 Å². The minimum Gasteiger partial charge on any atom is -0.207 e. The maximum Gasteiger partial charge on any atom is 0.276 e. The van der Waals surface area contributed by atoms with Crippen molar-refractivity contribution in [3.63, 3.8) is 0 Å². The Morgan fingerprint density at radius 2 is 1.68 bits per heavy atom. The van der Waals surface area contributed by atoms with Crippen molar-refractivity contribution in [2.45, 2.75) is 25.2 Å². The molecule has 0 aliphatic carbocycles. The van der Waals surface area contributed by atoms with Crippen LogP contribution < -0.4 is 4.83 Å². The summed E-state index contributed by atoms with van der Waals surface area (Å²) in [6.07, 6.45) is 0.516. The first-order valence-electron chi connectivity index (χ1n) is 6.83. The molecule has 0 fully saturated rings. The standard InChI is InChI=1S/C16H17FN2O2S/c1-3-16(13-6-8-14(17)9-7-13)18-19-22(20,21)15-10-4-12(2)5-11-15/h4-11,19H,3H2,1-2H3/b18-16-. The summed E-state index contributed by atoms with van der Waals surface area (Å²) in [5.41, 5.74) is 2.19. The summed E-state index contributed by atoms with van der Waals surface area (Å²) in [7, 11) is -3.71. The zero-order valence-electron chi connectivity index (χ0n) is 12.4. The van der Waals surface area contributed by atoms with Crippen molar-refractivity contribution in [2.75, 3.05) is 0 Å². The Kier molecular flexibility index (Phi) is 4.92. The summed E-state index contributed by atoms with van der Waals surface area (Å²) >= 11 is 0. The van der Waals surface area contributed by atoms with Gasteiger partial charge >= 0.3 is 0 Å². The van der Waals surface area contributed by atoms with Gasteiger partial charge < -0.3 is 0 Å². The molecule has 0 atom stereocenters. The fourth-order valence-electron chi connectivity index (χ4n) is 1.88. The predicted molar refractivity (Wildman–Crippen MR) is 84.7 cm³/mol. The second-order valence-corrected chi connectivity index (χ2v) is 6.49. The van der Waals surface area contributed by atoms with Crippen LogP contribution in [0.15, 0.2) is 58.5 Å². The molecule has 0 aliphatic rings. The summed E-state index contributed by atoms with van der Waals surface area (Å²) in [5, 5.41) is 3.97. The van der Waals surface area contributed by atoms with Crippen molar-refractivity contribution in [2.24, 2.45) is 5.10 Å². The lowest BCUT2D eigenvalue weighted by Gasteiger charge is -2.07. The molecule has 0 radical (unpaired) electrons. The zero-order chi connectivity index (χ0) is 16.2. The molecular formula is C16H17FN2O2S. The fraction of sp³-hybridized carbons (Fsp3) is 0.188. The molecule has 0 bridgehead atoms. The maximum absolute atomic E-state index is 12.9. The lowest BCUT2D eigenvalue weighted by atomic mass is 10.1. The molecule has 2 rings (SSSR count). The van der Waals surface area contributed by atoms with Gasteiger partial charge in [-0.15, -0.1) is 0 Å². The Hall–Kier alpha value is -2.21. The van der Waals surface area contributed by atoms with Crippen molar-refractivity contribution in [3.8, 4) is 0 Å². The normalized spacial score (nSPS) is 12.2. The highest BCUT2D eigenvalue weighted by atomic mass is 32.2. The Morgan fingerprint density at radius 1 is 1.09 bits per heavy atom. The van der Waals surface area contributed by atoms with Crippen LogP contribution in [0.25, 0.3) is 0 Å². The van der Waals surface area contributed by atoms with Crippen LogP contribution in [0.1, 0.15) is 24.5 Å². The van der Waals surface area contributed by atoms with Crippen LogP contribution in [0.2, 0.25) is 0 Å². The van der Waals surface area contributed by atoms with Gasteiger partial charge in [-0.25, -0.2) is 4.39 Å². The van der Waals surface area contributed by atoms with E-state index >= 15 is 0 Å². The fourth-order valence-corrected chi connectivity index (χ4v) is 2.71. The summed E-state index contributed by atoms with van der Waals surface area (Å²) < 4.78 is 37.3. The number of halogens is 1. The Morgan fingerprint density at radius 3 is 2.23 bits per heavy atom. The van der Waals surface area contributed by atoms with Gasteiger partial charge in [-0.05, 0) is 43.2 Å². The van der Waals surface area contributed by atoms with Crippen molar-refractivity contribution < 1.29 is 12.8 Å². The minimum absolute atomic E-state index is 0.149. The molecule has 1 N–H and O–H groups in total. The molecule has 4 nitrogen and oxygen atoms in total. The van der Waals surface area contributed by atoms with Gasteiger partial charge in [-0.2, -0.15) is 18.4 Å². The third kappa shape index (κ3) is 3.92. The molecule has 22 heavy (non-hydrogen) atoms. The van der Waals surface area contributed by atoms with Gasteiger partial charge in [0, 0.05) is 0 Å². The summed E-state index contributed by atoms with van der Waals surface area (Å²) in [6.45, 7) is 3.73. The van der Waals surface area contributed by atoms with E-state index in [4.69, 9.17) is 0 Å². The third-order valence-electron chi connectivity index (χ3n) is 3.14. The average molecular weight is 320 g/mol. The largest absolute Gasteiger partial charge is 0.276 e. The van der Waals surface area contributed by atoms with Crippen LogP contribution in [0, 0.1) is 12.7 Å². The number of benzene rings is 2. The first-order valence-corrected chi connectivity index (χ1v) is 8.31. The number of nitrogens with one attached hydrogen (secondary N) is 1. The van der Waals surface area contributed by atoms with E-state index in [9.17, 15) is 12.8 Å². The SMILES string of the molecule is CC/C(=N/NS(=O)(=O)c1ccc(C)cc1)c1ccc(F)cc1. The van der Waals surface area contributed by atoms with Crippen LogP contribution in [0.3, 0.4) is 0 Å². The Balaban J connectivity index is 2.24. The van der Waals surface area contributed by atoms with E-state index in [0.29, 0.717) is 17.7 Å². The molecule has 0 heterocycles. The van der Waals surface area contributed by atoms with Gasteiger partial charge in [0.25, 0.3) is 10.0 Å². The third-order valence-corrected chi connectivity index (χ3v) is 4.37. The van der Waals surface area contributed by atoms with Crippen LogP contribution in [-0.2, 0) is 10.0 Å². The van der Waals surface area contributed by atoms with Gasteiger partial charge in [0.2, 0.25) is 0 Å². The predicted octanol–water partition coefficient (Wildman–Crippen LogP) is 3.23. The van der Waals surface area contributed by atoms with Crippen molar-refractivity contribution >= 4 is 15.7 Å². The van der Waals surface area contributed by atoms with E-state index in [-0.39, 0.29) is 10.7 Å². The van der Waals surface area contributed by atoms with Crippen molar-refractivity contribution in [3.05, 3.63) is 65.5 Å². The van der Waals surface area contributed by atoms with Crippen LogP contribution in [-0.4, -0.2) is 14.1 Å². The number of sulfonamides is 1. The Labute approximate surface area is 129 Å². The molecular weight excluding hydrogens is 303 g/mol. The summed E-state index contributed by atoms with van der Waals surface area (Å²) in [4.78, 5) is 2.37. The molecule has 0 spiro atoms. The molecule has 0 aliphatic heterocycles. The summed E-state index contributed by atoms with van der Waals surface area (Å²) in [6, 6.07) is 12.3. The number of aryl methyl sites for hydroxylation is 1. The lowest BCUT2D eigenvalue weighted by Crippen LogP contribution is -2.20. The highest BCUT2D eigenvalue weighted by molar-refractivity contribution is 7.89.